The maximum Gasteiger partial charge on any atom is 0.303 e. The Bertz CT molecular complexity index is 551. The van der Waals surface area contributed by atoms with Crippen molar-refractivity contribution < 1.29 is 18.3 Å². The zero-order valence-corrected chi connectivity index (χ0v) is 12.7. The highest BCUT2D eigenvalue weighted by atomic mass is 32.2. The van der Waals surface area contributed by atoms with Gasteiger partial charge in [0.2, 0.25) is 0 Å². The molecular formula is C12H21N3O4S. The number of nitrogens with one attached hydrogen (secondary N) is 1. The molecule has 0 aliphatic carbocycles. The van der Waals surface area contributed by atoms with Crippen molar-refractivity contribution in [3.8, 4) is 0 Å². The first-order chi connectivity index (χ1) is 9.22. The summed E-state index contributed by atoms with van der Waals surface area (Å²) in [5, 5.41) is 12.7. The number of nitrogens with zero attached hydrogens (tertiary/aromatic N) is 2. The Morgan fingerprint density at radius 1 is 1.50 bits per heavy atom. The van der Waals surface area contributed by atoms with Crippen LogP contribution in [0.3, 0.4) is 0 Å². The van der Waals surface area contributed by atoms with Gasteiger partial charge >= 0.3 is 5.97 Å². The Hall–Kier alpha value is -1.41. The van der Waals surface area contributed by atoms with Gasteiger partial charge in [-0.15, -0.1) is 0 Å². The van der Waals surface area contributed by atoms with Crippen LogP contribution in [0.2, 0.25) is 0 Å². The molecule has 1 aromatic rings. The molecule has 0 bridgehead atoms. The van der Waals surface area contributed by atoms with Crippen LogP contribution in [0.1, 0.15) is 26.7 Å². The summed E-state index contributed by atoms with van der Waals surface area (Å²) in [5.74, 6) is -0.841. The molecule has 0 saturated heterocycles. The number of aromatic nitrogens is 2. The minimum absolute atomic E-state index is 0.0495. The summed E-state index contributed by atoms with van der Waals surface area (Å²) in [5.41, 5.74) is 0. The molecule has 0 unspecified atom stereocenters. The summed E-state index contributed by atoms with van der Waals surface area (Å²) < 4.78 is 27.9. The van der Waals surface area contributed by atoms with E-state index in [1.54, 1.807) is 0 Å². The van der Waals surface area contributed by atoms with Crippen LogP contribution in [0.15, 0.2) is 17.3 Å². The molecule has 0 fully saturated rings. The SMILES string of the molecule is CC(C)C[C@H](CNS(=O)(=O)c1ccnn1C)CC(=O)O. The highest BCUT2D eigenvalue weighted by Gasteiger charge is 2.21. The van der Waals surface area contributed by atoms with Crippen molar-refractivity contribution in [3.05, 3.63) is 12.3 Å². The molecule has 0 spiro atoms. The summed E-state index contributed by atoms with van der Waals surface area (Å²) in [6.07, 6.45) is 2.00. The minimum Gasteiger partial charge on any atom is -0.481 e. The summed E-state index contributed by atoms with van der Waals surface area (Å²) >= 11 is 0. The van der Waals surface area contributed by atoms with Crippen molar-refractivity contribution >= 4 is 16.0 Å². The molecule has 114 valence electrons. The largest absolute Gasteiger partial charge is 0.481 e. The Kier molecular flexibility index (Phi) is 5.70. The van der Waals surface area contributed by atoms with Gasteiger partial charge in [-0.2, -0.15) is 5.10 Å². The molecular weight excluding hydrogens is 282 g/mol. The van der Waals surface area contributed by atoms with E-state index >= 15 is 0 Å². The predicted octanol–water partition coefficient (Wildman–Crippen LogP) is 0.835. The zero-order chi connectivity index (χ0) is 15.3. The molecule has 2 N–H and O–H groups in total. The van der Waals surface area contributed by atoms with E-state index in [0.717, 1.165) is 0 Å². The molecule has 0 radical (unpaired) electrons. The van der Waals surface area contributed by atoms with E-state index in [0.29, 0.717) is 12.3 Å². The molecule has 1 heterocycles. The van der Waals surface area contributed by atoms with Crippen LogP contribution in [-0.4, -0.2) is 35.8 Å². The topological polar surface area (TPSA) is 101 Å². The first kappa shape index (κ1) is 16.6. The Morgan fingerprint density at radius 3 is 2.60 bits per heavy atom. The molecule has 0 aliphatic rings. The number of hydrogen-bond acceptors (Lipinski definition) is 4. The van der Waals surface area contributed by atoms with Crippen LogP contribution in [0.4, 0.5) is 0 Å². The van der Waals surface area contributed by atoms with Gasteiger partial charge in [-0.25, -0.2) is 13.1 Å². The number of sulfonamides is 1. The molecule has 1 atom stereocenters. The van der Waals surface area contributed by atoms with Crippen LogP contribution in [0.25, 0.3) is 0 Å². The van der Waals surface area contributed by atoms with Gasteiger partial charge in [-0.05, 0) is 24.3 Å². The van der Waals surface area contributed by atoms with Crippen molar-refractivity contribution in [1.29, 1.82) is 0 Å². The van der Waals surface area contributed by atoms with E-state index in [4.69, 9.17) is 5.11 Å². The van der Waals surface area contributed by atoms with Gasteiger partial charge in [0.05, 0.1) is 6.20 Å². The van der Waals surface area contributed by atoms with Gasteiger partial charge in [-0.1, -0.05) is 13.8 Å². The lowest BCUT2D eigenvalue weighted by atomic mass is 9.94. The number of aryl methyl sites for hydroxylation is 1. The number of carboxylic acids is 1. The highest BCUT2D eigenvalue weighted by Crippen LogP contribution is 2.16. The third-order valence-electron chi connectivity index (χ3n) is 2.88. The zero-order valence-electron chi connectivity index (χ0n) is 11.9. The van der Waals surface area contributed by atoms with Gasteiger partial charge in [0.25, 0.3) is 10.0 Å². The van der Waals surface area contributed by atoms with E-state index in [1.807, 2.05) is 13.8 Å². The van der Waals surface area contributed by atoms with Gasteiger partial charge in [0.15, 0.2) is 5.03 Å². The smallest absolute Gasteiger partial charge is 0.303 e. The van der Waals surface area contributed by atoms with Crippen LogP contribution < -0.4 is 4.72 Å². The van der Waals surface area contributed by atoms with Crippen molar-refractivity contribution in [2.24, 2.45) is 18.9 Å². The molecule has 7 nitrogen and oxygen atoms in total. The third-order valence-corrected chi connectivity index (χ3v) is 4.38. The molecule has 1 rings (SSSR count). The molecule has 0 saturated carbocycles. The van der Waals surface area contributed by atoms with Crippen LogP contribution in [0, 0.1) is 11.8 Å². The normalized spacial score (nSPS) is 13.6. The molecule has 0 aromatic carbocycles. The minimum atomic E-state index is -3.66. The second-order valence-corrected chi connectivity index (χ2v) is 6.95. The monoisotopic (exact) mass is 303 g/mol. The van der Waals surface area contributed by atoms with Crippen molar-refractivity contribution in [2.75, 3.05) is 6.54 Å². The van der Waals surface area contributed by atoms with Crippen LogP contribution in [-0.2, 0) is 21.9 Å². The van der Waals surface area contributed by atoms with Gasteiger partial charge in [0, 0.05) is 20.0 Å². The number of hydrogen-bond donors (Lipinski definition) is 2. The van der Waals surface area contributed by atoms with Crippen LogP contribution >= 0.6 is 0 Å². The average molecular weight is 303 g/mol. The quantitative estimate of drug-likeness (QED) is 0.741. The summed E-state index contributed by atoms with van der Waals surface area (Å²) in [6, 6.07) is 1.40. The first-order valence-electron chi connectivity index (χ1n) is 6.42. The number of carbonyl (C=O) groups is 1. The van der Waals surface area contributed by atoms with E-state index in [9.17, 15) is 13.2 Å². The fourth-order valence-electron chi connectivity index (χ4n) is 2.08. The lowest BCUT2D eigenvalue weighted by molar-refractivity contribution is -0.138. The molecule has 8 heteroatoms. The fraction of sp³-hybridized carbons (Fsp3) is 0.667. The van der Waals surface area contributed by atoms with Gasteiger partial charge in [-0.3, -0.25) is 9.48 Å². The van der Waals surface area contributed by atoms with Crippen LogP contribution in [0.5, 0.6) is 0 Å². The van der Waals surface area contributed by atoms with Crippen molar-refractivity contribution in [3.63, 3.8) is 0 Å². The number of rotatable bonds is 8. The van der Waals surface area contributed by atoms with E-state index in [2.05, 4.69) is 9.82 Å². The van der Waals surface area contributed by atoms with Crippen molar-refractivity contribution in [1.82, 2.24) is 14.5 Å². The maximum atomic E-state index is 12.1. The second-order valence-electron chi connectivity index (χ2n) is 5.24. The summed E-state index contributed by atoms with van der Waals surface area (Å²) in [6.45, 7) is 4.06. The fourth-order valence-corrected chi connectivity index (χ4v) is 3.32. The van der Waals surface area contributed by atoms with E-state index in [-0.39, 0.29) is 23.9 Å². The number of aliphatic carboxylic acids is 1. The highest BCUT2D eigenvalue weighted by molar-refractivity contribution is 7.89. The average Bonchev–Trinajstić information content (AvgIpc) is 2.72. The Morgan fingerprint density at radius 2 is 2.15 bits per heavy atom. The molecule has 1 aromatic heterocycles. The first-order valence-corrected chi connectivity index (χ1v) is 7.90. The second kappa shape index (κ2) is 6.85. The molecule has 0 amide bonds. The lowest BCUT2D eigenvalue weighted by Crippen LogP contribution is -2.32. The van der Waals surface area contributed by atoms with Crippen molar-refractivity contribution in [2.45, 2.75) is 31.7 Å². The van der Waals surface area contributed by atoms with E-state index in [1.165, 1.54) is 24.0 Å². The summed E-state index contributed by atoms with van der Waals surface area (Å²) in [7, 11) is -2.12. The lowest BCUT2D eigenvalue weighted by Gasteiger charge is -2.17. The summed E-state index contributed by atoms with van der Waals surface area (Å²) in [4.78, 5) is 10.8. The standard InChI is InChI=1S/C12H21N3O4S/c1-9(2)6-10(7-12(16)17)8-14-20(18,19)11-4-5-13-15(11)3/h4-5,9-10,14H,6-8H2,1-3H3,(H,16,17)/t10-/m0/s1. The molecule has 0 aliphatic heterocycles. The van der Waals surface area contributed by atoms with Gasteiger partial charge < -0.3 is 5.11 Å². The van der Waals surface area contributed by atoms with Gasteiger partial charge in [0.1, 0.15) is 0 Å². The third kappa shape index (κ3) is 4.93. The number of carboxylic acid groups (broad SMARTS) is 1. The Balaban J connectivity index is 2.71. The predicted molar refractivity (Wildman–Crippen MR) is 73.6 cm³/mol. The molecule has 20 heavy (non-hydrogen) atoms. The Labute approximate surface area is 119 Å². The van der Waals surface area contributed by atoms with E-state index < -0.39 is 16.0 Å². The maximum absolute atomic E-state index is 12.1.